The van der Waals surface area contributed by atoms with Crippen molar-refractivity contribution < 1.29 is 0 Å². The molecule has 3 rings (SSSR count). The smallest absolute Gasteiger partial charge is 0.134 e. The molecule has 0 aliphatic heterocycles. The molecule has 1 aliphatic carbocycles. The molecule has 2 aromatic heterocycles. The van der Waals surface area contributed by atoms with Crippen LogP contribution in [-0.2, 0) is 19.3 Å². The van der Waals surface area contributed by atoms with Crippen molar-refractivity contribution in [3.63, 3.8) is 0 Å². The summed E-state index contributed by atoms with van der Waals surface area (Å²) in [6, 6.07) is 4.26. The van der Waals surface area contributed by atoms with Crippen LogP contribution in [0.4, 0.5) is 0 Å². The van der Waals surface area contributed by atoms with E-state index in [1.165, 1.54) is 28.2 Å². The van der Waals surface area contributed by atoms with Gasteiger partial charge < -0.3 is 5.32 Å². The fourth-order valence-corrected chi connectivity index (χ4v) is 3.79. The van der Waals surface area contributed by atoms with E-state index in [0.717, 1.165) is 44.1 Å². The van der Waals surface area contributed by atoms with Gasteiger partial charge in [-0.3, -0.25) is 0 Å². The van der Waals surface area contributed by atoms with Crippen molar-refractivity contribution in [1.82, 2.24) is 15.3 Å². The summed E-state index contributed by atoms with van der Waals surface area (Å²) in [6.07, 6.45) is 4.35. The van der Waals surface area contributed by atoms with Crippen molar-refractivity contribution in [2.24, 2.45) is 5.92 Å². The highest BCUT2D eigenvalue weighted by Gasteiger charge is 2.22. The second-order valence-corrected chi connectivity index (χ2v) is 6.86. The van der Waals surface area contributed by atoms with Crippen LogP contribution in [0.5, 0.6) is 0 Å². The zero-order valence-corrected chi connectivity index (χ0v) is 13.7. The zero-order valence-electron chi connectivity index (χ0n) is 12.9. The van der Waals surface area contributed by atoms with E-state index in [1.54, 1.807) is 11.3 Å². The molecular weight excluding hydrogens is 278 g/mol. The van der Waals surface area contributed by atoms with Crippen LogP contribution >= 0.6 is 11.3 Å². The molecule has 0 amide bonds. The highest BCUT2D eigenvalue weighted by molar-refractivity contribution is 7.09. The summed E-state index contributed by atoms with van der Waals surface area (Å²) in [4.78, 5) is 10.9. The predicted molar refractivity (Wildman–Crippen MR) is 88.0 cm³/mol. The lowest BCUT2D eigenvalue weighted by atomic mass is 9.85. The van der Waals surface area contributed by atoms with Crippen LogP contribution in [0.2, 0.25) is 0 Å². The minimum Gasteiger partial charge on any atom is -0.317 e. The Morgan fingerprint density at radius 1 is 1.38 bits per heavy atom. The summed E-state index contributed by atoms with van der Waals surface area (Å²) in [5.74, 6) is 1.72. The van der Waals surface area contributed by atoms with Crippen LogP contribution in [0, 0.1) is 12.8 Å². The Morgan fingerprint density at radius 2 is 2.29 bits per heavy atom. The largest absolute Gasteiger partial charge is 0.317 e. The average molecular weight is 301 g/mol. The summed E-state index contributed by atoms with van der Waals surface area (Å²) < 4.78 is 0. The fourth-order valence-electron chi connectivity index (χ4n) is 3.09. The van der Waals surface area contributed by atoms with Crippen LogP contribution in [0.15, 0.2) is 17.5 Å². The van der Waals surface area contributed by atoms with E-state index in [0.29, 0.717) is 0 Å². The molecule has 1 N–H and O–H groups in total. The minimum atomic E-state index is 0.739. The molecule has 0 fully saturated rings. The Labute approximate surface area is 130 Å². The number of hydrogen-bond acceptors (Lipinski definition) is 4. The maximum absolute atomic E-state index is 4.84. The summed E-state index contributed by atoms with van der Waals surface area (Å²) in [5.41, 5.74) is 3.88. The summed E-state index contributed by atoms with van der Waals surface area (Å²) in [5, 5.41) is 5.59. The van der Waals surface area contributed by atoms with Crippen molar-refractivity contribution in [3.05, 3.63) is 45.2 Å². The molecule has 4 heteroatoms. The van der Waals surface area contributed by atoms with Gasteiger partial charge in [-0.1, -0.05) is 13.0 Å². The molecular formula is C17H23N3S. The first-order chi connectivity index (χ1) is 10.3. The molecule has 0 saturated carbocycles. The molecule has 21 heavy (non-hydrogen) atoms. The van der Waals surface area contributed by atoms with Crippen molar-refractivity contribution in [2.75, 3.05) is 13.1 Å². The standard InChI is InChI=1S/C17H23N3S/c1-3-18-11-13-6-7-16-15(9-13)12(2)19-17(20-16)10-14-5-4-8-21-14/h4-5,8,13,18H,3,6-7,9-11H2,1-2H3. The topological polar surface area (TPSA) is 37.8 Å². The van der Waals surface area contributed by atoms with Crippen molar-refractivity contribution >= 4 is 11.3 Å². The Bertz CT molecular complexity index is 592. The van der Waals surface area contributed by atoms with E-state index >= 15 is 0 Å². The number of aromatic nitrogens is 2. The van der Waals surface area contributed by atoms with Gasteiger partial charge in [0.15, 0.2) is 0 Å². The quantitative estimate of drug-likeness (QED) is 0.922. The van der Waals surface area contributed by atoms with Gasteiger partial charge in [0.2, 0.25) is 0 Å². The molecule has 1 aliphatic rings. The third-order valence-corrected chi connectivity index (χ3v) is 5.10. The van der Waals surface area contributed by atoms with Gasteiger partial charge in [-0.25, -0.2) is 9.97 Å². The van der Waals surface area contributed by atoms with E-state index in [4.69, 9.17) is 9.97 Å². The lowest BCUT2D eigenvalue weighted by molar-refractivity contribution is 0.422. The van der Waals surface area contributed by atoms with Crippen LogP contribution in [-0.4, -0.2) is 23.1 Å². The molecule has 0 saturated heterocycles. The first kappa shape index (κ1) is 14.7. The molecule has 2 heterocycles. The van der Waals surface area contributed by atoms with Gasteiger partial charge in [0, 0.05) is 22.7 Å². The highest BCUT2D eigenvalue weighted by Crippen LogP contribution is 2.26. The van der Waals surface area contributed by atoms with E-state index in [2.05, 4.69) is 36.7 Å². The zero-order chi connectivity index (χ0) is 14.7. The minimum absolute atomic E-state index is 0.739. The third-order valence-electron chi connectivity index (χ3n) is 4.22. The van der Waals surface area contributed by atoms with Crippen molar-refractivity contribution in [3.8, 4) is 0 Å². The molecule has 2 aromatic rings. The molecule has 0 aromatic carbocycles. The molecule has 0 radical (unpaired) electrons. The van der Waals surface area contributed by atoms with Gasteiger partial charge in [0.25, 0.3) is 0 Å². The number of thiophene rings is 1. The first-order valence-corrected chi connectivity index (χ1v) is 8.72. The second kappa shape index (κ2) is 6.67. The number of aryl methyl sites for hydroxylation is 2. The van der Waals surface area contributed by atoms with Crippen molar-refractivity contribution in [1.29, 1.82) is 0 Å². The Hall–Kier alpha value is -1.26. The Morgan fingerprint density at radius 3 is 3.05 bits per heavy atom. The molecule has 0 spiro atoms. The third kappa shape index (κ3) is 3.50. The number of rotatable bonds is 5. The van der Waals surface area contributed by atoms with Crippen LogP contribution < -0.4 is 5.32 Å². The van der Waals surface area contributed by atoms with Gasteiger partial charge in [-0.15, -0.1) is 11.3 Å². The average Bonchev–Trinajstić information content (AvgIpc) is 2.98. The van der Waals surface area contributed by atoms with Gasteiger partial charge in [0.05, 0.1) is 0 Å². The van der Waals surface area contributed by atoms with E-state index < -0.39 is 0 Å². The normalized spacial score (nSPS) is 17.7. The van der Waals surface area contributed by atoms with Gasteiger partial charge in [-0.2, -0.15) is 0 Å². The number of nitrogens with zero attached hydrogens (tertiary/aromatic N) is 2. The SMILES string of the molecule is CCNCC1CCc2nc(Cc3cccs3)nc(C)c2C1. The Kier molecular flexibility index (Phi) is 4.66. The number of nitrogens with one attached hydrogen (secondary N) is 1. The first-order valence-electron chi connectivity index (χ1n) is 7.84. The Balaban J connectivity index is 1.76. The molecule has 3 nitrogen and oxygen atoms in total. The van der Waals surface area contributed by atoms with Crippen molar-refractivity contribution in [2.45, 2.75) is 39.5 Å². The lowest BCUT2D eigenvalue weighted by Gasteiger charge is -2.25. The maximum atomic E-state index is 4.84. The molecule has 1 unspecified atom stereocenters. The molecule has 1 atom stereocenters. The van der Waals surface area contributed by atoms with E-state index in [9.17, 15) is 0 Å². The second-order valence-electron chi connectivity index (χ2n) is 5.82. The predicted octanol–water partition coefficient (Wildman–Crippen LogP) is 3.15. The van der Waals surface area contributed by atoms with E-state index in [1.807, 2.05) is 0 Å². The van der Waals surface area contributed by atoms with E-state index in [-0.39, 0.29) is 0 Å². The molecule has 112 valence electrons. The fraction of sp³-hybridized carbons (Fsp3) is 0.529. The van der Waals surface area contributed by atoms with Crippen LogP contribution in [0.25, 0.3) is 0 Å². The van der Waals surface area contributed by atoms with Crippen LogP contribution in [0.1, 0.15) is 41.0 Å². The summed E-state index contributed by atoms with van der Waals surface area (Å²) in [7, 11) is 0. The van der Waals surface area contributed by atoms with Gasteiger partial charge in [0.1, 0.15) is 5.82 Å². The lowest BCUT2D eigenvalue weighted by Crippen LogP contribution is -2.28. The highest BCUT2D eigenvalue weighted by atomic mass is 32.1. The summed E-state index contributed by atoms with van der Waals surface area (Å²) in [6.45, 7) is 6.49. The van der Waals surface area contributed by atoms with Gasteiger partial charge in [-0.05, 0) is 62.2 Å². The summed E-state index contributed by atoms with van der Waals surface area (Å²) >= 11 is 1.78. The number of hydrogen-bond donors (Lipinski definition) is 1. The number of fused-ring (bicyclic) bond motifs is 1. The molecule has 0 bridgehead atoms. The van der Waals surface area contributed by atoms with Crippen LogP contribution in [0.3, 0.4) is 0 Å². The monoisotopic (exact) mass is 301 g/mol. The van der Waals surface area contributed by atoms with Gasteiger partial charge >= 0.3 is 0 Å². The maximum Gasteiger partial charge on any atom is 0.134 e.